The maximum absolute atomic E-state index is 12.0. The third kappa shape index (κ3) is 2.03. The Bertz CT molecular complexity index is 452. The first-order valence-corrected chi connectivity index (χ1v) is 5.26. The zero-order chi connectivity index (χ0) is 12.6. The van der Waals surface area contributed by atoms with Crippen molar-refractivity contribution in [3.05, 3.63) is 23.7 Å². The van der Waals surface area contributed by atoms with E-state index in [1.54, 1.807) is 13.0 Å². The molecule has 92 valence electrons. The highest BCUT2D eigenvalue weighted by Crippen LogP contribution is 2.22. The zero-order valence-electron chi connectivity index (χ0n) is 9.29. The molecular weight excluding hydrogens is 226 g/mol. The minimum Gasteiger partial charge on any atom is -0.480 e. The van der Waals surface area contributed by atoms with E-state index in [1.165, 1.54) is 6.26 Å². The van der Waals surface area contributed by atoms with Gasteiger partial charge >= 0.3 is 5.97 Å². The molecule has 1 aromatic rings. The van der Waals surface area contributed by atoms with Crippen LogP contribution >= 0.6 is 0 Å². The normalized spacial score (nSPS) is 24.0. The van der Waals surface area contributed by atoms with Crippen LogP contribution in [0.2, 0.25) is 0 Å². The Morgan fingerprint density at radius 1 is 1.53 bits per heavy atom. The summed E-state index contributed by atoms with van der Waals surface area (Å²) in [5, 5.41) is 18.4. The summed E-state index contributed by atoms with van der Waals surface area (Å²) < 4.78 is 5.04. The van der Waals surface area contributed by atoms with Crippen molar-refractivity contribution in [3.63, 3.8) is 0 Å². The van der Waals surface area contributed by atoms with E-state index in [0.29, 0.717) is 5.56 Å². The van der Waals surface area contributed by atoms with E-state index in [9.17, 15) is 14.7 Å². The fraction of sp³-hybridized carbons (Fsp3) is 0.455. The molecule has 1 fully saturated rings. The molecule has 2 unspecified atom stereocenters. The Labute approximate surface area is 97.4 Å². The van der Waals surface area contributed by atoms with Crippen LogP contribution in [-0.4, -0.2) is 45.7 Å². The molecule has 2 rings (SSSR count). The minimum atomic E-state index is -1.11. The Kier molecular flexibility index (Phi) is 2.89. The summed E-state index contributed by atoms with van der Waals surface area (Å²) in [6.07, 6.45) is 0.640. The predicted molar refractivity (Wildman–Crippen MR) is 56.5 cm³/mol. The molecule has 0 aliphatic carbocycles. The summed E-state index contributed by atoms with van der Waals surface area (Å²) in [7, 11) is 0. The molecule has 1 aliphatic rings. The van der Waals surface area contributed by atoms with Crippen molar-refractivity contribution in [1.82, 2.24) is 4.90 Å². The number of hydrogen-bond acceptors (Lipinski definition) is 4. The topological polar surface area (TPSA) is 91.0 Å². The van der Waals surface area contributed by atoms with Crippen molar-refractivity contribution in [3.8, 4) is 0 Å². The van der Waals surface area contributed by atoms with Crippen LogP contribution in [-0.2, 0) is 4.79 Å². The first kappa shape index (κ1) is 11.7. The van der Waals surface area contributed by atoms with E-state index in [-0.39, 0.29) is 18.7 Å². The summed E-state index contributed by atoms with van der Waals surface area (Å²) in [5.41, 5.74) is 0.653. The smallest absolute Gasteiger partial charge is 0.326 e. The molecule has 6 heteroatoms. The molecule has 17 heavy (non-hydrogen) atoms. The number of furan rings is 1. The molecule has 2 atom stereocenters. The third-order valence-corrected chi connectivity index (χ3v) is 2.88. The lowest BCUT2D eigenvalue weighted by molar-refractivity contribution is -0.141. The van der Waals surface area contributed by atoms with Gasteiger partial charge in [-0.05, 0) is 13.0 Å². The van der Waals surface area contributed by atoms with Crippen LogP contribution in [0.15, 0.2) is 16.7 Å². The van der Waals surface area contributed by atoms with Gasteiger partial charge in [0.15, 0.2) is 5.76 Å². The van der Waals surface area contributed by atoms with Crippen LogP contribution in [0.5, 0.6) is 0 Å². The summed E-state index contributed by atoms with van der Waals surface area (Å²) in [6, 6.07) is 0.650. The molecule has 1 aromatic heterocycles. The molecule has 2 N–H and O–H groups in total. The second-order valence-electron chi connectivity index (χ2n) is 4.13. The Hall–Kier alpha value is -1.82. The van der Waals surface area contributed by atoms with Crippen LogP contribution in [0.3, 0.4) is 0 Å². The van der Waals surface area contributed by atoms with E-state index < -0.39 is 24.0 Å². The van der Waals surface area contributed by atoms with Crippen molar-refractivity contribution in [2.24, 2.45) is 0 Å². The summed E-state index contributed by atoms with van der Waals surface area (Å²) in [4.78, 5) is 24.2. The number of carbonyl (C=O) groups excluding carboxylic acids is 1. The van der Waals surface area contributed by atoms with Gasteiger partial charge in [-0.25, -0.2) is 4.79 Å². The van der Waals surface area contributed by atoms with Crippen LogP contribution in [0, 0.1) is 6.92 Å². The molecule has 1 amide bonds. The van der Waals surface area contributed by atoms with Crippen molar-refractivity contribution < 1.29 is 24.2 Å². The van der Waals surface area contributed by atoms with E-state index in [0.717, 1.165) is 4.90 Å². The number of β-amino-alcohol motifs (C(OH)–C–C–N with tert-alkyl or cyclic N) is 1. The highest BCUT2D eigenvalue weighted by atomic mass is 16.4. The number of likely N-dealkylation sites (tertiary alicyclic amines) is 1. The van der Waals surface area contributed by atoms with Gasteiger partial charge in [0.25, 0.3) is 5.91 Å². The van der Waals surface area contributed by atoms with Crippen molar-refractivity contribution >= 4 is 11.9 Å². The maximum atomic E-state index is 12.0. The lowest BCUT2D eigenvalue weighted by Gasteiger charge is -2.20. The third-order valence-electron chi connectivity index (χ3n) is 2.88. The lowest BCUT2D eigenvalue weighted by Crippen LogP contribution is -2.40. The second kappa shape index (κ2) is 4.21. The van der Waals surface area contributed by atoms with Crippen molar-refractivity contribution in [2.75, 3.05) is 6.54 Å². The molecule has 0 saturated carbocycles. The minimum absolute atomic E-state index is 0.0238. The molecule has 0 radical (unpaired) electrons. The number of carboxylic acid groups (broad SMARTS) is 1. The summed E-state index contributed by atoms with van der Waals surface area (Å²) in [5.74, 6) is -1.47. The quantitative estimate of drug-likeness (QED) is 0.771. The first-order valence-electron chi connectivity index (χ1n) is 5.26. The Balaban J connectivity index is 2.25. The molecule has 0 spiro atoms. The lowest BCUT2D eigenvalue weighted by atomic mass is 10.2. The first-order chi connectivity index (χ1) is 8.00. The van der Waals surface area contributed by atoms with Gasteiger partial charge in [0.2, 0.25) is 0 Å². The van der Waals surface area contributed by atoms with Gasteiger partial charge in [-0.15, -0.1) is 0 Å². The molecule has 2 heterocycles. The highest BCUT2D eigenvalue weighted by molar-refractivity contribution is 5.95. The Morgan fingerprint density at radius 2 is 2.24 bits per heavy atom. The zero-order valence-corrected chi connectivity index (χ0v) is 9.29. The van der Waals surface area contributed by atoms with E-state index in [2.05, 4.69) is 0 Å². The van der Waals surface area contributed by atoms with Gasteiger partial charge < -0.3 is 19.5 Å². The Morgan fingerprint density at radius 3 is 2.76 bits per heavy atom. The van der Waals surface area contributed by atoms with Crippen molar-refractivity contribution in [1.29, 1.82) is 0 Å². The van der Waals surface area contributed by atoms with Crippen LogP contribution < -0.4 is 0 Å². The monoisotopic (exact) mass is 239 g/mol. The summed E-state index contributed by atoms with van der Waals surface area (Å²) in [6.45, 7) is 1.73. The van der Waals surface area contributed by atoms with Crippen LogP contribution in [0.4, 0.5) is 0 Å². The number of aliphatic carboxylic acids is 1. The van der Waals surface area contributed by atoms with Gasteiger partial charge in [0.05, 0.1) is 12.4 Å². The standard InChI is InChI=1S/C11H13NO5/c1-6-2-3-17-9(6)10(14)12-5-7(13)4-8(12)11(15)16/h2-3,7-8,13H,4-5H2,1H3,(H,15,16). The van der Waals surface area contributed by atoms with Gasteiger partial charge in [-0.3, -0.25) is 4.79 Å². The highest BCUT2D eigenvalue weighted by Gasteiger charge is 2.40. The molecule has 0 aromatic carbocycles. The van der Waals surface area contributed by atoms with Crippen LogP contribution in [0.1, 0.15) is 22.5 Å². The number of carbonyl (C=O) groups is 2. The number of rotatable bonds is 2. The van der Waals surface area contributed by atoms with E-state index >= 15 is 0 Å². The fourth-order valence-electron chi connectivity index (χ4n) is 1.99. The molecular formula is C11H13NO5. The molecule has 1 saturated heterocycles. The van der Waals surface area contributed by atoms with E-state index in [4.69, 9.17) is 9.52 Å². The predicted octanol–water partition coefficient (Wildman–Crippen LogP) is 0.248. The number of nitrogens with zero attached hydrogens (tertiary/aromatic N) is 1. The molecule has 6 nitrogen and oxygen atoms in total. The summed E-state index contributed by atoms with van der Waals surface area (Å²) >= 11 is 0. The number of amides is 1. The van der Waals surface area contributed by atoms with Gasteiger partial charge in [-0.2, -0.15) is 0 Å². The molecule has 0 bridgehead atoms. The maximum Gasteiger partial charge on any atom is 0.326 e. The number of aliphatic hydroxyl groups is 1. The molecule has 1 aliphatic heterocycles. The van der Waals surface area contributed by atoms with Gasteiger partial charge in [-0.1, -0.05) is 0 Å². The number of aryl methyl sites for hydroxylation is 1. The second-order valence-corrected chi connectivity index (χ2v) is 4.13. The average Bonchev–Trinajstić information content (AvgIpc) is 2.83. The number of hydrogen-bond donors (Lipinski definition) is 2. The largest absolute Gasteiger partial charge is 0.480 e. The van der Waals surface area contributed by atoms with Gasteiger partial charge in [0, 0.05) is 18.5 Å². The van der Waals surface area contributed by atoms with Gasteiger partial charge in [0.1, 0.15) is 6.04 Å². The van der Waals surface area contributed by atoms with E-state index in [1.807, 2.05) is 0 Å². The number of carboxylic acids is 1. The van der Waals surface area contributed by atoms with Crippen molar-refractivity contribution in [2.45, 2.75) is 25.5 Å². The van der Waals surface area contributed by atoms with Crippen LogP contribution in [0.25, 0.3) is 0 Å². The average molecular weight is 239 g/mol. The fourth-order valence-corrected chi connectivity index (χ4v) is 1.99. The number of aliphatic hydroxyl groups excluding tert-OH is 1. The SMILES string of the molecule is Cc1ccoc1C(=O)N1CC(O)CC1C(=O)O.